The van der Waals surface area contributed by atoms with Gasteiger partial charge >= 0.3 is 12.7 Å². The van der Waals surface area contributed by atoms with Crippen LogP contribution in [0.2, 0.25) is 0 Å². The Morgan fingerprint density at radius 3 is 1.76 bits per heavy atom. The predicted octanol–water partition coefficient (Wildman–Crippen LogP) is 5.33. The van der Waals surface area contributed by atoms with Crippen LogP contribution in [0.25, 0.3) is 11.1 Å². The molecule has 0 spiro atoms. The van der Waals surface area contributed by atoms with Gasteiger partial charge in [0.1, 0.15) is 11.5 Å². The number of fused-ring (bicyclic) bond motifs is 2. The second-order valence-corrected chi connectivity index (χ2v) is 10.8. The van der Waals surface area contributed by atoms with Crippen LogP contribution in [0.3, 0.4) is 0 Å². The van der Waals surface area contributed by atoms with Crippen LogP contribution in [0, 0.1) is 6.92 Å². The molecule has 46 heavy (non-hydrogen) atoms. The number of rotatable bonds is 7. The van der Waals surface area contributed by atoms with Crippen LogP contribution in [0.5, 0.6) is 11.5 Å². The molecule has 2 aliphatic rings. The first-order chi connectivity index (χ1) is 21.5. The lowest BCUT2D eigenvalue weighted by Crippen LogP contribution is -2.41. The van der Waals surface area contributed by atoms with E-state index in [0.717, 1.165) is 5.56 Å². The molecule has 5 rings (SSSR count). The molecule has 0 aliphatic carbocycles. The van der Waals surface area contributed by atoms with Crippen LogP contribution in [0.1, 0.15) is 5.56 Å². The number of hydrogen-bond acceptors (Lipinski definition) is 7. The topological polar surface area (TPSA) is 99.5 Å². The zero-order valence-corrected chi connectivity index (χ0v) is 25.8. The summed E-state index contributed by atoms with van der Waals surface area (Å²) in [5, 5.41) is 0. The van der Waals surface area contributed by atoms with E-state index in [1.54, 1.807) is 62.6 Å². The van der Waals surface area contributed by atoms with E-state index in [1.165, 1.54) is 14.4 Å². The fourth-order valence-electron chi connectivity index (χ4n) is 4.59. The molecule has 1 aromatic heterocycles. The zero-order chi connectivity index (χ0) is 33.8. The second kappa shape index (κ2) is 14.1. The highest BCUT2D eigenvalue weighted by molar-refractivity contribution is 9.10. The summed E-state index contributed by atoms with van der Waals surface area (Å²) in [5.41, 5.74) is 2.66. The van der Waals surface area contributed by atoms with Gasteiger partial charge in [0, 0.05) is 36.4 Å². The van der Waals surface area contributed by atoms with Gasteiger partial charge in [-0.05, 0) is 54.4 Å². The highest BCUT2D eigenvalue weighted by atomic mass is 79.9. The number of aryl methyl sites for hydroxylation is 2. The smallest absolute Gasteiger partial charge is 0.482 e. The lowest BCUT2D eigenvalue weighted by Gasteiger charge is -2.30. The monoisotopic (exact) mass is 721 g/mol. The minimum Gasteiger partial charge on any atom is -0.482 e. The Bertz CT molecular complexity index is 1640. The Labute approximate surface area is 266 Å². The van der Waals surface area contributed by atoms with E-state index in [-0.39, 0.29) is 31.9 Å². The van der Waals surface area contributed by atoms with E-state index < -0.39 is 37.8 Å². The number of halogens is 7. The fourth-order valence-corrected chi connectivity index (χ4v) is 4.94. The van der Waals surface area contributed by atoms with E-state index in [0.29, 0.717) is 38.5 Å². The molecule has 0 atom stereocenters. The number of carbonyl (C=O) groups is 2. The molecule has 2 aliphatic heterocycles. The third-order valence-electron chi connectivity index (χ3n) is 6.62. The average Bonchev–Trinajstić information content (AvgIpc) is 2.97. The van der Waals surface area contributed by atoms with E-state index in [9.17, 15) is 40.7 Å². The van der Waals surface area contributed by atoms with Crippen molar-refractivity contribution in [2.45, 2.75) is 19.6 Å². The SMILES string of the molecule is Cc1cc(-c2ccc3c(c2)N(CCOC(F)(F)F)C(=O)CO3)cn(C)c1=O.O=C1COc2ccc(Br)cc2N1CCOC(F)(F)F. The lowest BCUT2D eigenvalue weighted by molar-refractivity contribution is -0.324. The number of alkyl halides is 6. The van der Waals surface area contributed by atoms with Crippen molar-refractivity contribution in [3.8, 4) is 22.6 Å². The Morgan fingerprint density at radius 2 is 1.26 bits per heavy atom. The van der Waals surface area contributed by atoms with E-state index >= 15 is 0 Å². The van der Waals surface area contributed by atoms with E-state index in [2.05, 4.69) is 25.4 Å². The van der Waals surface area contributed by atoms with Crippen molar-refractivity contribution in [2.24, 2.45) is 7.05 Å². The Hall–Kier alpha value is -4.09. The molecule has 0 bridgehead atoms. The number of amides is 2. The van der Waals surface area contributed by atoms with Gasteiger partial charge in [-0.1, -0.05) is 22.0 Å². The van der Waals surface area contributed by atoms with Crippen molar-refractivity contribution in [2.75, 3.05) is 49.3 Å². The van der Waals surface area contributed by atoms with Crippen LogP contribution in [-0.2, 0) is 26.1 Å². The molecule has 0 fully saturated rings. The minimum absolute atomic E-state index is 0.124. The number of carbonyl (C=O) groups excluding carboxylic acids is 2. The number of anilines is 2. The summed E-state index contributed by atoms with van der Waals surface area (Å²) < 4.78 is 92.5. The maximum atomic E-state index is 12.2. The van der Waals surface area contributed by atoms with Crippen LogP contribution in [-0.4, -0.2) is 68.6 Å². The normalized spacial score (nSPS) is 14.5. The van der Waals surface area contributed by atoms with Crippen molar-refractivity contribution in [3.05, 3.63) is 69.1 Å². The number of aromatic nitrogens is 1. The molecule has 10 nitrogen and oxygen atoms in total. The first-order valence-corrected chi connectivity index (χ1v) is 14.2. The van der Waals surface area contributed by atoms with E-state index in [4.69, 9.17) is 9.47 Å². The maximum absolute atomic E-state index is 12.2. The van der Waals surface area contributed by atoms with Crippen molar-refractivity contribution in [1.29, 1.82) is 0 Å². The number of pyridine rings is 1. The summed E-state index contributed by atoms with van der Waals surface area (Å²) in [5.74, 6) is -0.0137. The van der Waals surface area contributed by atoms with Gasteiger partial charge in [0.15, 0.2) is 13.2 Å². The molecule has 2 aromatic carbocycles. The van der Waals surface area contributed by atoms with Crippen LogP contribution in [0.15, 0.2) is 57.9 Å². The first-order valence-electron chi connectivity index (χ1n) is 13.4. The van der Waals surface area contributed by atoms with Crippen molar-refractivity contribution in [3.63, 3.8) is 0 Å². The maximum Gasteiger partial charge on any atom is 0.522 e. The van der Waals surface area contributed by atoms with Crippen LogP contribution in [0.4, 0.5) is 37.7 Å². The molecular formula is C29H26BrF6N3O7. The van der Waals surface area contributed by atoms with Gasteiger partial charge in [0.2, 0.25) is 0 Å². The third kappa shape index (κ3) is 9.01. The number of nitrogens with zero attached hydrogens (tertiary/aromatic N) is 3. The Morgan fingerprint density at radius 1 is 0.761 bits per heavy atom. The molecule has 0 N–H and O–H groups in total. The summed E-state index contributed by atoms with van der Waals surface area (Å²) in [4.78, 5) is 38.1. The zero-order valence-electron chi connectivity index (χ0n) is 24.2. The molecule has 248 valence electrons. The first kappa shape index (κ1) is 34.8. The van der Waals surface area contributed by atoms with Gasteiger partial charge in [-0.25, -0.2) is 0 Å². The molecule has 0 radical (unpaired) electrons. The highest BCUT2D eigenvalue weighted by Gasteiger charge is 2.32. The van der Waals surface area contributed by atoms with E-state index in [1.807, 2.05) is 0 Å². The number of hydrogen-bond donors (Lipinski definition) is 0. The molecule has 17 heteroatoms. The van der Waals surface area contributed by atoms with Gasteiger partial charge in [-0.3, -0.25) is 23.9 Å². The summed E-state index contributed by atoms with van der Waals surface area (Å²) in [6.07, 6.45) is -7.80. The van der Waals surface area contributed by atoms with Crippen LogP contribution < -0.4 is 24.8 Å². The molecule has 0 saturated heterocycles. The summed E-state index contributed by atoms with van der Waals surface area (Å²) in [6.45, 7) is -0.510. The van der Waals surface area contributed by atoms with Gasteiger partial charge in [-0.15, -0.1) is 26.3 Å². The quantitative estimate of drug-likeness (QED) is 0.304. The molecule has 3 aromatic rings. The van der Waals surface area contributed by atoms with Gasteiger partial charge < -0.3 is 23.8 Å². The fraction of sp³-hybridized carbons (Fsp3) is 0.345. The van der Waals surface area contributed by atoms with Crippen LogP contribution >= 0.6 is 15.9 Å². The molecular weight excluding hydrogens is 696 g/mol. The number of ether oxygens (including phenoxy) is 4. The Kier molecular flexibility index (Phi) is 10.7. The standard InChI is InChI=1S/C18H17F3N2O4.C11H9BrF3NO3/c1-11-7-13(9-22(2)17(11)25)12-3-4-15-14(8-12)23(16(24)10-26-15)5-6-27-18(19,20)21;12-7-1-2-9-8(5-7)16(10(17)6-18-9)3-4-19-11(13,14)15/h3-4,7-9H,5-6,10H2,1-2H3;1-2,5H,3-4,6H2. The third-order valence-corrected chi connectivity index (χ3v) is 7.12. The lowest BCUT2D eigenvalue weighted by atomic mass is 10.0. The summed E-state index contributed by atoms with van der Waals surface area (Å²) in [6, 6.07) is 11.8. The average molecular weight is 722 g/mol. The molecule has 2 amide bonds. The minimum atomic E-state index is -4.76. The summed E-state index contributed by atoms with van der Waals surface area (Å²) in [7, 11) is 1.63. The Balaban J connectivity index is 0.000000222. The van der Waals surface area contributed by atoms with Crippen molar-refractivity contribution >= 4 is 39.1 Å². The van der Waals surface area contributed by atoms with Gasteiger partial charge in [0.25, 0.3) is 17.4 Å². The summed E-state index contributed by atoms with van der Waals surface area (Å²) >= 11 is 3.23. The van der Waals surface area contributed by atoms with Crippen molar-refractivity contribution in [1.82, 2.24) is 4.57 Å². The van der Waals surface area contributed by atoms with Gasteiger partial charge in [-0.2, -0.15) is 0 Å². The molecule has 0 saturated carbocycles. The highest BCUT2D eigenvalue weighted by Crippen LogP contribution is 2.37. The number of benzene rings is 2. The predicted molar refractivity (Wildman–Crippen MR) is 156 cm³/mol. The molecule has 0 unspecified atom stereocenters. The molecule has 3 heterocycles. The van der Waals surface area contributed by atoms with Gasteiger partial charge in [0.05, 0.1) is 24.6 Å². The largest absolute Gasteiger partial charge is 0.522 e. The van der Waals surface area contributed by atoms with Crippen molar-refractivity contribution < 1.29 is 54.9 Å². The second-order valence-electron chi connectivity index (χ2n) is 9.88.